The van der Waals surface area contributed by atoms with Crippen LogP contribution in [-0.4, -0.2) is 34.7 Å². The maximum absolute atomic E-state index is 13.2. The fraction of sp³-hybridized carbons (Fsp3) is 0.120. The van der Waals surface area contributed by atoms with Gasteiger partial charge in [-0.1, -0.05) is 60.7 Å². The quantitative estimate of drug-likeness (QED) is 0.413. The Kier molecular flexibility index (Phi) is 6.09. The van der Waals surface area contributed by atoms with Crippen LogP contribution in [0.2, 0.25) is 0 Å². The number of para-hydroxylation sites is 2. The van der Waals surface area contributed by atoms with E-state index in [-0.39, 0.29) is 11.1 Å². The predicted molar refractivity (Wildman–Crippen MR) is 127 cm³/mol. The molecule has 31 heavy (non-hydrogen) atoms. The van der Waals surface area contributed by atoms with E-state index in [0.717, 1.165) is 22.7 Å². The van der Waals surface area contributed by atoms with Gasteiger partial charge in [0.25, 0.3) is 11.1 Å². The van der Waals surface area contributed by atoms with E-state index in [2.05, 4.69) is 22.0 Å². The minimum Gasteiger partial charge on any atom is -0.342 e. The Morgan fingerprint density at radius 1 is 0.903 bits per heavy atom. The third-order valence-electron chi connectivity index (χ3n) is 4.93. The highest BCUT2D eigenvalue weighted by Gasteiger charge is 2.17. The van der Waals surface area contributed by atoms with Crippen LogP contribution in [0.25, 0.3) is 10.9 Å². The number of amides is 2. The molecule has 1 aromatic heterocycles. The molecule has 0 fully saturated rings. The van der Waals surface area contributed by atoms with Gasteiger partial charge in [-0.2, -0.15) is 0 Å². The summed E-state index contributed by atoms with van der Waals surface area (Å²) in [5.74, 6) is -0.201. The number of carbonyl (C=O) groups excluding carboxylic acids is 2. The SMILES string of the molecule is CN(C)C(=O)Sc1ccccc1NC(=O)c1cn(Cc2ccccc2)c2ccccc12. The summed E-state index contributed by atoms with van der Waals surface area (Å²) < 4.78 is 2.09. The topological polar surface area (TPSA) is 54.3 Å². The van der Waals surface area contributed by atoms with Gasteiger partial charge in [-0.25, -0.2) is 0 Å². The van der Waals surface area contributed by atoms with Crippen LogP contribution in [0.4, 0.5) is 10.5 Å². The van der Waals surface area contributed by atoms with Gasteiger partial charge < -0.3 is 14.8 Å². The average Bonchev–Trinajstić information content (AvgIpc) is 3.14. The standard InChI is InChI=1S/C25H23N3O2S/c1-27(2)25(30)31-23-15-9-7-13-21(23)26-24(29)20-17-28(16-18-10-4-3-5-11-18)22-14-8-6-12-19(20)22/h3-15,17H,16H2,1-2H3,(H,26,29). The molecule has 0 aliphatic heterocycles. The number of hydrogen-bond acceptors (Lipinski definition) is 3. The van der Waals surface area contributed by atoms with Crippen molar-refractivity contribution in [2.24, 2.45) is 0 Å². The lowest BCUT2D eigenvalue weighted by Crippen LogP contribution is -2.17. The number of hydrogen-bond donors (Lipinski definition) is 1. The van der Waals surface area contributed by atoms with Gasteiger partial charge >= 0.3 is 0 Å². The summed E-state index contributed by atoms with van der Waals surface area (Å²) in [5, 5.41) is 3.79. The molecular formula is C25H23N3O2S. The molecule has 0 saturated carbocycles. The van der Waals surface area contributed by atoms with Crippen LogP contribution < -0.4 is 5.32 Å². The van der Waals surface area contributed by atoms with Crippen molar-refractivity contribution >= 4 is 39.5 Å². The van der Waals surface area contributed by atoms with E-state index in [9.17, 15) is 9.59 Å². The van der Waals surface area contributed by atoms with Gasteiger partial charge in [-0.15, -0.1) is 0 Å². The van der Waals surface area contributed by atoms with E-state index in [0.29, 0.717) is 22.7 Å². The summed E-state index contributed by atoms with van der Waals surface area (Å²) in [6.07, 6.45) is 1.90. The number of thioether (sulfide) groups is 1. The summed E-state index contributed by atoms with van der Waals surface area (Å²) in [6, 6.07) is 25.4. The minimum absolute atomic E-state index is 0.0961. The van der Waals surface area contributed by atoms with Gasteiger partial charge in [0, 0.05) is 42.6 Å². The molecule has 1 N–H and O–H groups in total. The maximum atomic E-state index is 13.2. The van der Waals surface area contributed by atoms with E-state index in [1.54, 1.807) is 14.1 Å². The lowest BCUT2D eigenvalue weighted by Gasteiger charge is -2.13. The Balaban J connectivity index is 1.64. The number of nitrogens with one attached hydrogen (secondary N) is 1. The van der Waals surface area contributed by atoms with Crippen molar-refractivity contribution in [2.75, 3.05) is 19.4 Å². The average molecular weight is 430 g/mol. The normalized spacial score (nSPS) is 10.8. The predicted octanol–water partition coefficient (Wildman–Crippen LogP) is 5.72. The first-order valence-electron chi connectivity index (χ1n) is 9.94. The summed E-state index contributed by atoms with van der Waals surface area (Å²) >= 11 is 1.09. The third-order valence-corrected chi connectivity index (χ3v) is 6.04. The first kappa shape index (κ1) is 20.8. The Morgan fingerprint density at radius 3 is 2.35 bits per heavy atom. The van der Waals surface area contributed by atoms with Crippen molar-refractivity contribution < 1.29 is 9.59 Å². The summed E-state index contributed by atoms with van der Waals surface area (Å²) in [4.78, 5) is 27.6. The molecule has 1 heterocycles. The van der Waals surface area contributed by atoms with Gasteiger partial charge in [0.15, 0.2) is 0 Å². The molecular weight excluding hydrogens is 406 g/mol. The molecule has 0 saturated heterocycles. The number of carbonyl (C=O) groups is 2. The Morgan fingerprint density at radius 2 is 1.58 bits per heavy atom. The molecule has 0 spiro atoms. The van der Waals surface area contributed by atoms with Crippen LogP contribution in [0.3, 0.4) is 0 Å². The van der Waals surface area contributed by atoms with Gasteiger partial charge in [0.05, 0.1) is 11.3 Å². The highest BCUT2D eigenvalue weighted by atomic mass is 32.2. The highest BCUT2D eigenvalue weighted by molar-refractivity contribution is 8.13. The zero-order valence-corrected chi connectivity index (χ0v) is 18.2. The maximum Gasteiger partial charge on any atom is 0.286 e. The Bertz CT molecular complexity index is 1230. The van der Waals surface area contributed by atoms with E-state index >= 15 is 0 Å². The number of nitrogens with zero attached hydrogens (tertiary/aromatic N) is 2. The van der Waals surface area contributed by atoms with Crippen LogP contribution in [0.15, 0.2) is 90.0 Å². The van der Waals surface area contributed by atoms with Crippen molar-refractivity contribution in [1.29, 1.82) is 0 Å². The van der Waals surface area contributed by atoms with Crippen LogP contribution in [-0.2, 0) is 6.54 Å². The summed E-state index contributed by atoms with van der Waals surface area (Å²) in [6.45, 7) is 0.679. The lowest BCUT2D eigenvalue weighted by atomic mass is 10.1. The molecule has 5 nitrogen and oxygen atoms in total. The highest BCUT2D eigenvalue weighted by Crippen LogP contribution is 2.30. The van der Waals surface area contributed by atoms with Gasteiger partial charge in [-0.05, 0) is 35.5 Å². The monoisotopic (exact) mass is 429 g/mol. The van der Waals surface area contributed by atoms with Crippen LogP contribution >= 0.6 is 11.8 Å². The lowest BCUT2D eigenvalue weighted by molar-refractivity contribution is 0.102. The molecule has 6 heteroatoms. The molecule has 3 aromatic carbocycles. The van der Waals surface area contributed by atoms with E-state index in [1.165, 1.54) is 10.5 Å². The van der Waals surface area contributed by atoms with Crippen LogP contribution in [0, 0.1) is 0 Å². The van der Waals surface area contributed by atoms with Crippen LogP contribution in [0.5, 0.6) is 0 Å². The second kappa shape index (κ2) is 9.10. The van der Waals surface area contributed by atoms with Crippen molar-refractivity contribution in [1.82, 2.24) is 9.47 Å². The minimum atomic E-state index is -0.201. The molecule has 0 bridgehead atoms. The zero-order chi connectivity index (χ0) is 21.8. The molecule has 0 atom stereocenters. The molecule has 4 rings (SSSR count). The molecule has 4 aromatic rings. The first-order valence-corrected chi connectivity index (χ1v) is 10.8. The second-order valence-electron chi connectivity index (χ2n) is 7.39. The van der Waals surface area contributed by atoms with Crippen molar-refractivity contribution in [3.8, 4) is 0 Å². The summed E-state index contributed by atoms with van der Waals surface area (Å²) in [5.41, 5.74) is 3.39. The third kappa shape index (κ3) is 4.64. The summed E-state index contributed by atoms with van der Waals surface area (Å²) in [7, 11) is 3.41. The molecule has 0 aliphatic rings. The van der Waals surface area contributed by atoms with Crippen molar-refractivity contribution in [2.45, 2.75) is 11.4 Å². The number of fused-ring (bicyclic) bond motifs is 1. The first-order chi connectivity index (χ1) is 15.0. The molecule has 0 radical (unpaired) electrons. The smallest absolute Gasteiger partial charge is 0.286 e. The van der Waals surface area contributed by atoms with Crippen LogP contribution in [0.1, 0.15) is 15.9 Å². The Labute approximate surface area is 185 Å². The number of anilines is 1. The molecule has 0 unspecified atom stereocenters. The molecule has 0 aliphatic carbocycles. The fourth-order valence-electron chi connectivity index (χ4n) is 3.37. The van der Waals surface area contributed by atoms with Crippen molar-refractivity contribution in [3.05, 3.63) is 96.2 Å². The van der Waals surface area contributed by atoms with Gasteiger partial charge in [0.2, 0.25) is 0 Å². The zero-order valence-electron chi connectivity index (χ0n) is 17.4. The van der Waals surface area contributed by atoms with E-state index in [4.69, 9.17) is 0 Å². The number of aromatic nitrogens is 1. The van der Waals surface area contributed by atoms with Crippen molar-refractivity contribution in [3.63, 3.8) is 0 Å². The number of rotatable bonds is 5. The second-order valence-corrected chi connectivity index (χ2v) is 8.38. The fourth-order valence-corrected chi connectivity index (χ4v) is 4.12. The van der Waals surface area contributed by atoms with E-state index in [1.807, 2.05) is 72.9 Å². The largest absolute Gasteiger partial charge is 0.342 e. The Hall–Kier alpha value is -3.51. The number of benzene rings is 3. The van der Waals surface area contributed by atoms with E-state index < -0.39 is 0 Å². The molecule has 156 valence electrons. The molecule has 2 amide bonds. The van der Waals surface area contributed by atoms with Gasteiger partial charge in [-0.3, -0.25) is 9.59 Å². The van der Waals surface area contributed by atoms with Gasteiger partial charge in [0.1, 0.15) is 0 Å².